The Morgan fingerprint density at radius 2 is 2.00 bits per heavy atom. The Morgan fingerprint density at radius 3 is 2.62 bits per heavy atom. The standard InChI is InChI=1S/C25H30BrN3O8/c1-25(2,3)37-24(34)27-17(11-15-7-5-4-6-8-15)22(32)36-18-12-20(35-19(18)14-30)29-13-16(9-10-26)21(31)28-23(29)33/h4-10,13,17-20,30H,11-12,14H2,1-3H3,(H,27,34)(H,28,31,33)/b10-9+/t17-,18+,19-,20-/m1/s1. The first-order valence-corrected chi connectivity index (χ1v) is 12.5. The van der Waals surface area contributed by atoms with Crippen molar-refractivity contribution in [2.75, 3.05) is 6.61 Å². The van der Waals surface area contributed by atoms with Crippen LogP contribution in [0.25, 0.3) is 6.08 Å². The number of halogens is 1. The Morgan fingerprint density at radius 1 is 1.30 bits per heavy atom. The zero-order valence-electron chi connectivity index (χ0n) is 20.7. The normalized spacial score (nSPS) is 20.5. The average molecular weight is 580 g/mol. The minimum absolute atomic E-state index is 0.0326. The van der Waals surface area contributed by atoms with E-state index in [9.17, 15) is 24.3 Å². The number of nitrogens with zero attached hydrogens (tertiary/aromatic N) is 1. The number of alkyl carbamates (subject to hydrolysis) is 1. The molecule has 1 aromatic carbocycles. The number of ether oxygens (including phenoxy) is 3. The molecular weight excluding hydrogens is 550 g/mol. The number of esters is 1. The third-order valence-electron chi connectivity index (χ3n) is 5.43. The maximum Gasteiger partial charge on any atom is 0.408 e. The van der Waals surface area contributed by atoms with Gasteiger partial charge in [-0.15, -0.1) is 0 Å². The van der Waals surface area contributed by atoms with Gasteiger partial charge in [0, 0.05) is 19.0 Å². The lowest BCUT2D eigenvalue weighted by atomic mass is 10.1. The van der Waals surface area contributed by atoms with E-state index in [1.165, 1.54) is 21.8 Å². The molecule has 0 unspecified atom stereocenters. The summed E-state index contributed by atoms with van der Waals surface area (Å²) >= 11 is 3.09. The lowest BCUT2D eigenvalue weighted by Crippen LogP contribution is -2.47. The third-order valence-corrected chi connectivity index (χ3v) is 5.70. The molecule has 2 aromatic rings. The van der Waals surface area contributed by atoms with Gasteiger partial charge in [0.15, 0.2) is 0 Å². The monoisotopic (exact) mass is 579 g/mol. The second kappa shape index (κ2) is 12.3. The largest absolute Gasteiger partial charge is 0.458 e. The molecule has 1 aliphatic heterocycles. The van der Waals surface area contributed by atoms with Crippen LogP contribution in [0.15, 0.2) is 51.1 Å². The van der Waals surface area contributed by atoms with Crippen molar-refractivity contribution < 1.29 is 28.9 Å². The van der Waals surface area contributed by atoms with Crippen molar-refractivity contribution in [3.63, 3.8) is 0 Å². The molecule has 3 N–H and O–H groups in total. The van der Waals surface area contributed by atoms with E-state index in [2.05, 4.69) is 26.2 Å². The molecule has 0 bridgehead atoms. The Hall–Kier alpha value is -3.22. The van der Waals surface area contributed by atoms with Crippen LogP contribution in [-0.4, -0.2) is 57.2 Å². The minimum atomic E-state index is -1.08. The number of H-pyrrole nitrogens is 1. The number of amides is 1. The number of rotatable bonds is 8. The van der Waals surface area contributed by atoms with Gasteiger partial charge in [-0.1, -0.05) is 46.3 Å². The van der Waals surface area contributed by atoms with E-state index < -0.39 is 60.0 Å². The molecule has 0 radical (unpaired) electrons. The van der Waals surface area contributed by atoms with Crippen LogP contribution < -0.4 is 16.6 Å². The minimum Gasteiger partial charge on any atom is -0.458 e. The van der Waals surface area contributed by atoms with Gasteiger partial charge in [0.25, 0.3) is 5.56 Å². The summed E-state index contributed by atoms with van der Waals surface area (Å²) in [6.45, 7) is 4.63. The Balaban J connectivity index is 1.79. The van der Waals surface area contributed by atoms with Crippen LogP contribution in [0.5, 0.6) is 0 Å². The Labute approximate surface area is 221 Å². The SMILES string of the molecule is CC(C)(C)OC(=O)N[C@H](Cc1ccccc1)C(=O)O[C@H]1C[C@H](n2cc(/C=C/Br)c(=O)[nH]c2=O)O[C@@H]1CO. The predicted molar refractivity (Wildman–Crippen MR) is 138 cm³/mol. The fourth-order valence-corrected chi connectivity index (χ4v) is 4.07. The fraction of sp³-hybridized carbons (Fsp3) is 0.440. The van der Waals surface area contributed by atoms with E-state index in [0.29, 0.717) is 0 Å². The summed E-state index contributed by atoms with van der Waals surface area (Å²) in [6.07, 6.45) is -0.583. The quantitative estimate of drug-likeness (QED) is 0.403. The number of hydrogen-bond acceptors (Lipinski definition) is 8. The summed E-state index contributed by atoms with van der Waals surface area (Å²) in [5.74, 6) is -0.751. The van der Waals surface area contributed by atoms with Gasteiger partial charge in [-0.3, -0.25) is 14.3 Å². The van der Waals surface area contributed by atoms with Crippen molar-refractivity contribution in [1.29, 1.82) is 0 Å². The first-order chi connectivity index (χ1) is 17.5. The molecule has 3 rings (SSSR count). The number of aromatic nitrogens is 2. The van der Waals surface area contributed by atoms with Crippen LogP contribution in [0.3, 0.4) is 0 Å². The molecule has 12 heteroatoms. The van der Waals surface area contributed by atoms with E-state index >= 15 is 0 Å². The highest BCUT2D eigenvalue weighted by atomic mass is 79.9. The number of aliphatic hydroxyl groups excluding tert-OH is 1. The van der Waals surface area contributed by atoms with Crippen molar-refractivity contribution in [3.8, 4) is 0 Å². The van der Waals surface area contributed by atoms with Crippen LogP contribution in [0.1, 0.15) is 44.5 Å². The second-order valence-corrected chi connectivity index (χ2v) is 9.98. The molecule has 200 valence electrons. The molecule has 0 aliphatic carbocycles. The molecule has 1 aromatic heterocycles. The second-order valence-electron chi connectivity index (χ2n) is 9.45. The first-order valence-electron chi connectivity index (χ1n) is 11.6. The number of carbonyl (C=O) groups is 2. The molecule has 1 fully saturated rings. The number of aromatic amines is 1. The van der Waals surface area contributed by atoms with Crippen LogP contribution in [-0.2, 0) is 25.4 Å². The molecule has 4 atom stereocenters. The van der Waals surface area contributed by atoms with Crippen LogP contribution in [0, 0.1) is 0 Å². The maximum absolute atomic E-state index is 13.2. The van der Waals surface area contributed by atoms with Gasteiger partial charge in [0.2, 0.25) is 0 Å². The van der Waals surface area contributed by atoms with Gasteiger partial charge in [-0.25, -0.2) is 14.4 Å². The number of carbonyl (C=O) groups excluding carboxylic acids is 2. The molecule has 1 aliphatic rings. The van der Waals surface area contributed by atoms with E-state index in [0.717, 1.165) is 5.56 Å². The molecule has 11 nitrogen and oxygen atoms in total. The van der Waals surface area contributed by atoms with Crippen molar-refractivity contribution in [3.05, 3.63) is 73.5 Å². The summed E-state index contributed by atoms with van der Waals surface area (Å²) < 4.78 is 17.9. The van der Waals surface area contributed by atoms with Gasteiger partial charge in [0.05, 0.1) is 12.2 Å². The topological polar surface area (TPSA) is 149 Å². The van der Waals surface area contributed by atoms with Gasteiger partial charge in [-0.05, 0) is 37.4 Å². The third kappa shape index (κ3) is 7.88. The molecule has 1 amide bonds. The predicted octanol–water partition coefficient (Wildman–Crippen LogP) is 2.23. The zero-order chi connectivity index (χ0) is 27.2. The van der Waals surface area contributed by atoms with E-state index in [1.54, 1.807) is 20.8 Å². The summed E-state index contributed by atoms with van der Waals surface area (Å²) in [5.41, 5.74) is -1.07. The lowest BCUT2D eigenvalue weighted by Gasteiger charge is -2.24. The zero-order valence-corrected chi connectivity index (χ0v) is 22.3. The van der Waals surface area contributed by atoms with Crippen LogP contribution in [0.2, 0.25) is 0 Å². The van der Waals surface area contributed by atoms with E-state index in [1.807, 2.05) is 30.3 Å². The van der Waals surface area contributed by atoms with Crippen molar-refractivity contribution in [2.45, 2.75) is 63.7 Å². The van der Waals surface area contributed by atoms with E-state index in [-0.39, 0.29) is 18.4 Å². The van der Waals surface area contributed by atoms with Gasteiger partial charge in [0.1, 0.15) is 30.1 Å². The van der Waals surface area contributed by atoms with E-state index in [4.69, 9.17) is 14.2 Å². The summed E-state index contributed by atoms with van der Waals surface area (Å²) in [7, 11) is 0. The van der Waals surface area contributed by atoms with Crippen molar-refractivity contribution in [1.82, 2.24) is 14.9 Å². The number of hydrogen-bond donors (Lipinski definition) is 3. The molecule has 37 heavy (non-hydrogen) atoms. The average Bonchev–Trinajstić information content (AvgIpc) is 3.22. The Kier molecular flexibility index (Phi) is 9.46. The molecule has 1 saturated heterocycles. The summed E-state index contributed by atoms with van der Waals surface area (Å²) in [5, 5.41) is 12.4. The van der Waals surface area contributed by atoms with Crippen molar-refractivity contribution >= 4 is 34.1 Å². The number of benzene rings is 1. The van der Waals surface area contributed by atoms with Gasteiger partial charge in [-0.2, -0.15) is 0 Å². The van der Waals surface area contributed by atoms with Crippen molar-refractivity contribution in [2.24, 2.45) is 0 Å². The van der Waals surface area contributed by atoms with Crippen LogP contribution >= 0.6 is 15.9 Å². The smallest absolute Gasteiger partial charge is 0.408 e. The summed E-state index contributed by atoms with van der Waals surface area (Å²) in [6, 6.07) is 7.99. The highest BCUT2D eigenvalue weighted by molar-refractivity contribution is 9.11. The molecule has 0 spiro atoms. The first kappa shape index (κ1) is 28.4. The number of nitrogens with one attached hydrogen (secondary N) is 2. The maximum atomic E-state index is 13.2. The Bertz CT molecular complexity index is 1230. The van der Waals surface area contributed by atoms with Gasteiger partial charge < -0.3 is 24.6 Å². The fourth-order valence-electron chi connectivity index (χ4n) is 3.78. The molecular formula is C25H30BrN3O8. The van der Waals surface area contributed by atoms with Crippen LogP contribution in [0.4, 0.5) is 4.79 Å². The molecule has 2 heterocycles. The molecule has 0 saturated carbocycles. The summed E-state index contributed by atoms with van der Waals surface area (Å²) in [4.78, 5) is 53.7. The lowest BCUT2D eigenvalue weighted by molar-refractivity contribution is -0.155. The van der Waals surface area contributed by atoms with Gasteiger partial charge >= 0.3 is 17.8 Å². The highest BCUT2D eigenvalue weighted by Gasteiger charge is 2.40. The highest BCUT2D eigenvalue weighted by Crippen LogP contribution is 2.30. The number of aliphatic hydroxyl groups is 1.